The number of benzene rings is 2. The van der Waals surface area contributed by atoms with Crippen LogP contribution in [0.4, 0.5) is 10.7 Å². The fraction of sp³-hybridized carbons (Fsp3) is 0.261. The van der Waals surface area contributed by atoms with Crippen LogP contribution in [0, 0.1) is 0 Å². The Kier molecular flexibility index (Phi) is 5.82. The highest BCUT2D eigenvalue weighted by atomic mass is 16.5. The van der Waals surface area contributed by atoms with Crippen molar-refractivity contribution < 1.29 is 24.2 Å². The second-order valence-electron chi connectivity index (χ2n) is 8.37. The van der Waals surface area contributed by atoms with Crippen LogP contribution in [0.5, 0.6) is 0 Å². The van der Waals surface area contributed by atoms with Gasteiger partial charge in [0.2, 0.25) is 5.82 Å². The lowest BCUT2D eigenvalue weighted by atomic mass is 9.98. The zero-order chi connectivity index (χ0) is 23.6. The maximum absolute atomic E-state index is 12.3. The van der Waals surface area contributed by atoms with E-state index in [2.05, 4.69) is 25.8 Å². The number of rotatable bonds is 7. The summed E-state index contributed by atoms with van der Waals surface area (Å²) in [7, 11) is 0. The quantitative estimate of drug-likeness (QED) is 0.433. The highest BCUT2D eigenvalue weighted by Crippen LogP contribution is 2.44. The topological polar surface area (TPSA) is 146 Å². The Labute approximate surface area is 189 Å². The number of carbonyl (C=O) groups excluding carboxylic acids is 2. The van der Waals surface area contributed by atoms with Crippen LogP contribution < -0.4 is 10.6 Å². The molecule has 0 atom stereocenters. The molecule has 170 valence electrons. The molecule has 3 aromatic rings. The number of fused-ring (bicyclic) bond motifs is 3. The third-order valence-corrected chi connectivity index (χ3v) is 5.30. The lowest BCUT2D eigenvalue weighted by Gasteiger charge is -2.23. The number of aromatic amines is 1. The molecule has 0 spiro atoms. The number of anilines is 1. The number of carboxylic acid groups (broad SMARTS) is 1. The van der Waals surface area contributed by atoms with Gasteiger partial charge in [0.1, 0.15) is 6.61 Å². The van der Waals surface area contributed by atoms with Crippen molar-refractivity contribution in [1.29, 1.82) is 0 Å². The Balaban J connectivity index is 1.36. The van der Waals surface area contributed by atoms with Gasteiger partial charge in [-0.3, -0.25) is 20.0 Å². The molecule has 0 bridgehead atoms. The number of carboxylic acids is 1. The van der Waals surface area contributed by atoms with Crippen molar-refractivity contribution in [1.82, 2.24) is 20.5 Å². The molecule has 10 nitrogen and oxygen atoms in total. The Morgan fingerprint density at radius 3 is 2.27 bits per heavy atom. The van der Waals surface area contributed by atoms with E-state index >= 15 is 0 Å². The third-order valence-electron chi connectivity index (χ3n) is 5.30. The van der Waals surface area contributed by atoms with Crippen molar-refractivity contribution in [2.75, 3.05) is 11.9 Å². The van der Waals surface area contributed by atoms with E-state index in [9.17, 15) is 14.4 Å². The SMILES string of the molecule is CC(C)(CC(=O)O)NC(=O)c1nc(NC(=O)OCC2c3ccccc3-c3ccccc32)n[nH]1. The number of hydrogen-bond acceptors (Lipinski definition) is 6. The van der Waals surface area contributed by atoms with Crippen molar-refractivity contribution in [2.45, 2.75) is 31.7 Å². The minimum atomic E-state index is -1.05. The number of nitrogens with one attached hydrogen (secondary N) is 3. The molecule has 2 aromatic carbocycles. The van der Waals surface area contributed by atoms with E-state index in [4.69, 9.17) is 9.84 Å². The summed E-state index contributed by atoms with van der Waals surface area (Å²) in [6, 6.07) is 16.0. The van der Waals surface area contributed by atoms with Gasteiger partial charge >= 0.3 is 12.1 Å². The molecular weight excluding hydrogens is 426 g/mol. The average molecular weight is 449 g/mol. The molecule has 1 aliphatic carbocycles. The van der Waals surface area contributed by atoms with Gasteiger partial charge in [-0.25, -0.2) is 4.79 Å². The number of nitrogens with zero attached hydrogens (tertiary/aromatic N) is 2. The highest BCUT2D eigenvalue weighted by Gasteiger charge is 2.29. The van der Waals surface area contributed by atoms with E-state index in [0.717, 1.165) is 22.3 Å². The first-order valence-corrected chi connectivity index (χ1v) is 10.3. The smallest absolute Gasteiger partial charge is 0.414 e. The van der Waals surface area contributed by atoms with Gasteiger partial charge in [0, 0.05) is 11.5 Å². The normalized spacial score (nSPS) is 12.5. The molecule has 1 heterocycles. The summed E-state index contributed by atoms with van der Waals surface area (Å²) in [6.45, 7) is 3.28. The Hall–Kier alpha value is -4.21. The number of aromatic nitrogens is 3. The van der Waals surface area contributed by atoms with Gasteiger partial charge in [-0.15, -0.1) is 5.10 Å². The molecule has 10 heteroatoms. The second kappa shape index (κ2) is 8.73. The monoisotopic (exact) mass is 449 g/mol. The van der Waals surface area contributed by atoms with E-state index in [1.165, 1.54) is 0 Å². The fourth-order valence-corrected chi connectivity index (χ4v) is 3.93. The number of H-pyrrole nitrogens is 1. The van der Waals surface area contributed by atoms with Crippen LogP contribution in [-0.4, -0.2) is 50.4 Å². The third kappa shape index (κ3) is 4.84. The minimum Gasteiger partial charge on any atom is -0.481 e. The molecule has 2 amide bonds. The first-order chi connectivity index (χ1) is 15.7. The molecule has 4 N–H and O–H groups in total. The Morgan fingerprint density at radius 1 is 1.06 bits per heavy atom. The predicted molar refractivity (Wildman–Crippen MR) is 119 cm³/mol. The van der Waals surface area contributed by atoms with Crippen LogP contribution in [0.25, 0.3) is 11.1 Å². The van der Waals surface area contributed by atoms with E-state index in [0.29, 0.717) is 0 Å². The summed E-state index contributed by atoms with van der Waals surface area (Å²) in [5.74, 6) is -2.08. The number of hydrogen-bond donors (Lipinski definition) is 4. The molecule has 0 saturated heterocycles. The summed E-state index contributed by atoms with van der Waals surface area (Å²) in [5, 5.41) is 20.1. The van der Waals surface area contributed by atoms with Crippen LogP contribution in [-0.2, 0) is 9.53 Å². The van der Waals surface area contributed by atoms with Crippen molar-refractivity contribution in [3.8, 4) is 11.1 Å². The Bertz CT molecular complexity index is 1170. The summed E-state index contributed by atoms with van der Waals surface area (Å²) < 4.78 is 5.43. The summed E-state index contributed by atoms with van der Waals surface area (Å²) >= 11 is 0. The molecular formula is C23H23N5O5. The largest absolute Gasteiger partial charge is 0.481 e. The highest BCUT2D eigenvalue weighted by molar-refractivity contribution is 5.92. The maximum atomic E-state index is 12.3. The van der Waals surface area contributed by atoms with Gasteiger partial charge in [0.05, 0.1) is 6.42 Å². The predicted octanol–water partition coefficient (Wildman–Crippen LogP) is 3.15. The van der Waals surface area contributed by atoms with Gasteiger partial charge in [-0.2, -0.15) is 4.98 Å². The van der Waals surface area contributed by atoms with E-state index in [1.807, 2.05) is 48.5 Å². The van der Waals surface area contributed by atoms with Gasteiger partial charge in [-0.05, 0) is 36.1 Å². The lowest BCUT2D eigenvalue weighted by molar-refractivity contribution is -0.138. The van der Waals surface area contributed by atoms with E-state index in [1.54, 1.807) is 13.8 Å². The lowest BCUT2D eigenvalue weighted by Crippen LogP contribution is -2.45. The summed E-state index contributed by atoms with van der Waals surface area (Å²) in [4.78, 5) is 39.5. The maximum Gasteiger partial charge on any atom is 0.414 e. The average Bonchev–Trinajstić information content (AvgIpc) is 3.34. The van der Waals surface area contributed by atoms with Crippen molar-refractivity contribution in [2.24, 2.45) is 0 Å². The summed E-state index contributed by atoms with van der Waals surface area (Å²) in [5.41, 5.74) is 3.44. The fourth-order valence-electron chi connectivity index (χ4n) is 3.93. The molecule has 1 aromatic heterocycles. The van der Waals surface area contributed by atoms with Gasteiger partial charge in [-0.1, -0.05) is 48.5 Å². The van der Waals surface area contributed by atoms with Crippen LogP contribution in [0.15, 0.2) is 48.5 Å². The van der Waals surface area contributed by atoms with Crippen molar-refractivity contribution in [3.63, 3.8) is 0 Å². The molecule has 0 saturated carbocycles. The number of ether oxygens (including phenoxy) is 1. The summed E-state index contributed by atoms with van der Waals surface area (Å²) in [6.07, 6.45) is -1.02. The first-order valence-electron chi connectivity index (χ1n) is 10.3. The molecule has 0 aliphatic heterocycles. The molecule has 33 heavy (non-hydrogen) atoms. The van der Waals surface area contributed by atoms with Crippen molar-refractivity contribution >= 4 is 23.9 Å². The molecule has 0 fully saturated rings. The molecule has 0 unspecified atom stereocenters. The first kappa shape index (κ1) is 22.0. The van der Waals surface area contributed by atoms with E-state index in [-0.39, 0.29) is 30.7 Å². The van der Waals surface area contributed by atoms with Crippen LogP contribution in [0.2, 0.25) is 0 Å². The molecule has 4 rings (SSSR count). The van der Waals surface area contributed by atoms with Gasteiger partial charge in [0.15, 0.2) is 0 Å². The van der Waals surface area contributed by atoms with Gasteiger partial charge in [0.25, 0.3) is 11.9 Å². The van der Waals surface area contributed by atoms with Gasteiger partial charge < -0.3 is 15.2 Å². The van der Waals surface area contributed by atoms with E-state index < -0.39 is 23.5 Å². The zero-order valence-electron chi connectivity index (χ0n) is 18.1. The standard InChI is InChI=1S/C23H23N5O5/c1-23(2,11-18(29)30)26-20(31)19-24-21(28-27-19)25-22(32)33-12-17-15-9-5-3-7-13(15)14-8-4-6-10-16(14)17/h3-10,17H,11-12H2,1-2H3,(H,26,31)(H,29,30)(H2,24,25,27,28,32). The molecule has 0 radical (unpaired) electrons. The second-order valence-corrected chi connectivity index (χ2v) is 8.37. The molecule has 1 aliphatic rings. The minimum absolute atomic E-state index is 0.0897. The van der Waals surface area contributed by atoms with Crippen LogP contribution >= 0.6 is 0 Å². The van der Waals surface area contributed by atoms with Crippen molar-refractivity contribution in [3.05, 3.63) is 65.5 Å². The zero-order valence-corrected chi connectivity index (χ0v) is 18.1. The number of amides is 2. The number of aliphatic carboxylic acids is 1. The number of carbonyl (C=O) groups is 3. The van der Waals surface area contributed by atoms with Crippen LogP contribution in [0.3, 0.4) is 0 Å². The Morgan fingerprint density at radius 2 is 1.67 bits per heavy atom. The van der Waals surface area contributed by atoms with Crippen LogP contribution in [0.1, 0.15) is 47.9 Å².